The normalized spacial score (nSPS) is 13.7. The third-order valence-electron chi connectivity index (χ3n) is 6.23. The molecule has 1 aromatic heterocycles. The largest absolute Gasteiger partial charge is 0.478 e. The number of halogens is 3. The van der Waals surface area contributed by atoms with Gasteiger partial charge in [0, 0.05) is 29.8 Å². The lowest BCUT2D eigenvalue weighted by molar-refractivity contribution is -0.152. The summed E-state index contributed by atoms with van der Waals surface area (Å²) in [6, 6.07) is 11.7. The fourth-order valence-electron chi connectivity index (χ4n) is 3.86. The van der Waals surface area contributed by atoms with Crippen molar-refractivity contribution in [2.45, 2.75) is 57.2 Å². The van der Waals surface area contributed by atoms with E-state index in [1.165, 1.54) is 26.0 Å². The molecule has 200 valence electrons. The molecule has 38 heavy (non-hydrogen) atoms. The number of alkyl halides is 3. The topological polar surface area (TPSA) is 101 Å². The number of aromatic nitrogens is 2. The van der Waals surface area contributed by atoms with Gasteiger partial charge < -0.3 is 15.2 Å². The highest BCUT2D eigenvalue weighted by atomic mass is 19.4. The van der Waals surface area contributed by atoms with Crippen LogP contribution < -0.4 is 10.1 Å². The molecule has 1 aliphatic rings. The molecule has 1 amide bonds. The van der Waals surface area contributed by atoms with Gasteiger partial charge in [0.1, 0.15) is 5.75 Å². The van der Waals surface area contributed by atoms with E-state index in [1.54, 1.807) is 18.3 Å². The van der Waals surface area contributed by atoms with E-state index in [0.717, 1.165) is 36.2 Å². The molecular weight excluding hydrogens is 499 g/mol. The van der Waals surface area contributed by atoms with Crippen LogP contribution in [0.1, 0.15) is 55.0 Å². The molecule has 3 aromatic rings. The molecule has 1 aliphatic carbocycles. The number of rotatable bonds is 10. The van der Waals surface area contributed by atoms with Gasteiger partial charge >= 0.3 is 12.1 Å². The lowest BCUT2D eigenvalue weighted by Gasteiger charge is -2.21. The van der Waals surface area contributed by atoms with Crippen LogP contribution in [0.15, 0.2) is 54.7 Å². The van der Waals surface area contributed by atoms with Gasteiger partial charge in [0.05, 0.1) is 17.7 Å². The molecule has 2 N–H and O–H groups in total. The van der Waals surface area contributed by atoms with Gasteiger partial charge in [-0.15, -0.1) is 0 Å². The average Bonchev–Trinajstić information content (AvgIpc) is 3.70. The molecule has 0 saturated heterocycles. The summed E-state index contributed by atoms with van der Waals surface area (Å²) in [5.74, 6) is -0.239. The van der Waals surface area contributed by atoms with Crippen LogP contribution in [0.2, 0.25) is 0 Å². The second kappa shape index (κ2) is 10.8. The Morgan fingerprint density at radius 3 is 2.29 bits per heavy atom. The minimum absolute atomic E-state index is 0.107. The van der Waals surface area contributed by atoms with Gasteiger partial charge in [-0.05, 0) is 62.9 Å². The van der Waals surface area contributed by atoms with Crippen molar-refractivity contribution in [1.82, 2.24) is 15.3 Å². The highest BCUT2D eigenvalue weighted by Crippen LogP contribution is 2.41. The third-order valence-corrected chi connectivity index (χ3v) is 6.23. The summed E-state index contributed by atoms with van der Waals surface area (Å²) < 4.78 is 44.1. The summed E-state index contributed by atoms with van der Waals surface area (Å²) in [6.45, 7) is 3.35. The molecule has 0 unspecified atom stereocenters. The number of amides is 1. The summed E-state index contributed by atoms with van der Waals surface area (Å²) in [6.07, 6.45) is -0.246. The second-order valence-electron chi connectivity index (χ2n) is 9.79. The molecule has 1 fully saturated rings. The number of carbonyl (C=O) groups excluding carboxylic acids is 1. The lowest BCUT2D eigenvalue weighted by atomic mass is 10.1. The number of nitrogens with one attached hydrogen (secondary N) is 1. The van der Waals surface area contributed by atoms with Crippen LogP contribution in [-0.2, 0) is 28.6 Å². The summed E-state index contributed by atoms with van der Waals surface area (Å²) in [4.78, 5) is 32.7. The summed E-state index contributed by atoms with van der Waals surface area (Å²) in [5.41, 5.74) is 0.845. The SMILES string of the molecule is CC(C)(Oc1ccc(CCNC(=O)Cc2cnc(-c3ccc(C(F)(F)F)cc3)nc2C2CC2)cc1)C(=O)O. The molecule has 0 radical (unpaired) electrons. The molecule has 0 aliphatic heterocycles. The number of hydrogen-bond acceptors (Lipinski definition) is 5. The fraction of sp³-hybridized carbons (Fsp3) is 0.357. The van der Waals surface area contributed by atoms with Gasteiger partial charge in [-0.25, -0.2) is 14.8 Å². The van der Waals surface area contributed by atoms with Crippen molar-refractivity contribution < 1.29 is 32.6 Å². The maximum absolute atomic E-state index is 12.9. The number of aliphatic carboxylic acids is 1. The highest BCUT2D eigenvalue weighted by Gasteiger charge is 2.31. The minimum Gasteiger partial charge on any atom is -0.478 e. The molecule has 0 spiro atoms. The van der Waals surface area contributed by atoms with Crippen LogP contribution in [0.4, 0.5) is 13.2 Å². The van der Waals surface area contributed by atoms with Crippen molar-refractivity contribution >= 4 is 11.9 Å². The van der Waals surface area contributed by atoms with E-state index in [2.05, 4.69) is 15.3 Å². The minimum atomic E-state index is -4.41. The van der Waals surface area contributed by atoms with Crippen molar-refractivity contribution in [1.29, 1.82) is 0 Å². The molecule has 4 rings (SSSR count). The van der Waals surface area contributed by atoms with Gasteiger partial charge in [0.15, 0.2) is 11.4 Å². The van der Waals surface area contributed by atoms with Crippen LogP contribution in [0.3, 0.4) is 0 Å². The first-order valence-corrected chi connectivity index (χ1v) is 12.2. The maximum Gasteiger partial charge on any atom is 0.416 e. The molecule has 1 heterocycles. The Balaban J connectivity index is 1.33. The monoisotopic (exact) mass is 527 g/mol. The van der Waals surface area contributed by atoms with Crippen LogP contribution >= 0.6 is 0 Å². The Morgan fingerprint density at radius 1 is 1.05 bits per heavy atom. The lowest BCUT2D eigenvalue weighted by Crippen LogP contribution is -2.37. The number of benzene rings is 2. The standard InChI is InChI=1S/C28H28F3N3O4/c1-27(2,26(36)37)38-22-11-3-17(4-12-22)13-14-32-23(35)15-20-16-33-25(34-24(20)18-5-6-18)19-7-9-21(10-8-19)28(29,30)31/h3-4,7-12,16,18H,5-6,13-15H2,1-2H3,(H,32,35)(H,36,37). The Labute approximate surface area is 218 Å². The predicted octanol–water partition coefficient (Wildman–Crippen LogP) is 5.18. The summed E-state index contributed by atoms with van der Waals surface area (Å²) in [5, 5.41) is 12.1. The van der Waals surface area contributed by atoms with E-state index in [4.69, 9.17) is 4.74 Å². The van der Waals surface area contributed by atoms with Gasteiger partial charge in [0.25, 0.3) is 0 Å². The molecule has 1 saturated carbocycles. The third kappa shape index (κ3) is 6.87. The van der Waals surface area contributed by atoms with Crippen LogP contribution in [0, 0.1) is 0 Å². The first-order valence-electron chi connectivity index (χ1n) is 12.2. The van der Waals surface area contributed by atoms with Gasteiger partial charge in [-0.1, -0.05) is 24.3 Å². The number of ether oxygens (including phenoxy) is 1. The molecule has 0 bridgehead atoms. The van der Waals surface area contributed by atoms with Gasteiger partial charge in [-0.2, -0.15) is 13.2 Å². The van der Waals surface area contributed by atoms with Gasteiger partial charge in [-0.3, -0.25) is 4.79 Å². The first-order chi connectivity index (χ1) is 17.9. The van der Waals surface area contributed by atoms with Crippen LogP contribution in [0.25, 0.3) is 11.4 Å². The van der Waals surface area contributed by atoms with E-state index in [-0.39, 0.29) is 18.2 Å². The highest BCUT2D eigenvalue weighted by molar-refractivity contribution is 5.79. The zero-order chi connectivity index (χ0) is 27.5. The van der Waals surface area contributed by atoms with Gasteiger partial charge in [0.2, 0.25) is 5.91 Å². The second-order valence-corrected chi connectivity index (χ2v) is 9.79. The molecule has 10 heteroatoms. The maximum atomic E-state index is 12.9. The molecular formula is C28H28F3N3O4. The Morgan fingerprint density at radius 2 is 1.71 bits per heavy atom. The number of hydrogen-bond donors (Lipinski definition) is 2. The van der Waals surface area contributed by atoms with Crippen molar-refractivity contribution in [3.63, 3.8) is 0 Å². The number of carboxylic acids is 1. The van der Waals surface area contributed by atoms with E-state index in [1.807, 2.05) is 12.1 Å². The smallest absolute Gasteiger partial charge is 0.416 e. The first kappa shape index (κ1) is 27.1. The predicted molar refractivity (Wildman–Crippen MR) is 134 cm³/mol. The van der Waals surface area contributed by atoms with E-state index in [9.17, 15) is 27.9 Å². The number of carbonyl (C=O) groups is 2. The van der Waals surface area contributed by atoms with E-state index < -0.39 is 23.3 Å². The van der Waals surface area contributed by atoms with Crippen molar-refractivity contribution in [3.05, 3.63) is 77.1 Å². The zero-order valence-electron chi connectivity index (χ0n) is 21.0. The summed E-state index contributed by atoms with van der Waals surface area (Å²) >= 11 is 0. The van der Waals surface area contributed by atoms with E-state index in [0.29, 0.717) is 35.7 Å². The Hall–Kier alpha value is -3.95. The molecule has 2 aromatic carbocycles. The quantitative estimate of drug-likeness (QED) is 0.377. The van der Waals surface area contributed by atoms with E-state index >= 15 is 0 Å². The van der Waals surface area contributed by atoms with Crippen molar-refractivity contribution in [2.75, 3.05) is 6.54 Å². The van der Waals surface area contributed by atoms with Crippen LogP contribution in [-0.4, -0.2) is 39.1 Å². The zero-order valence-corrected chi connectivity index (χ0v) is 21.0. The fourth-order valence-corrected chi connectivity index (χ4v) is 3.86. The van der Waals surface area contributed by atoms with Crippen LogP contribution in [0.5, 0.6) is 5.75 Å². The number of nitrogens with zero attached hydrogens (tertiary/aromatic N) is 2. The molecule has 0 atom stereocenters. The van der Waals surface area contributed by atoms with Crippen molar-refractivity contribution in [2.24, 2.45) is 0 Å². The molecule has 7 nitrogen and oxygen atoms in total. The Kier molecular flexibility index (Phi) is 7.71. The van der Waals surface area contributed by atoms with Crippen molar-refractivity contribution in [3.8, 4) is 17.1 Å². The average molecular weight is 528 g/mol. The summed E-state index contributed by atoms with van der Waals surface area (Å²) in [7, 11) is 0. The Bertz CT molecular complexity index is 1300. The number of carboxylic acid groups (broad SMARTS) is 1.